The molecule has 1 aromatic rings. The van der Waals surface area contributed by atoms with E-state index in [9.17, 15) is 0 Å². The molecule has 0 aliphatic carbocycles. The maximum absolute atomic E-state index is 8.04. The Morgan fingerprint density at radius 2 is 1.85 bits per heavy atom. The maximum Gasteiger partial charge on any atom is 0.498 e. The number of ether oxygens (including phenoxy) is 2. The van der Waals surface area contributed by atoms with Crippen LogP contribution in [-0.2, 0) is 14.0 Å². The second-order valence-electron chi connectivity index (χ2n) is 5.14. The third kappa shape index (κ3) is 3.11. The molecule has 0 unspecified atom stereocenters. The number of hydrogen-bond acceptors (Lipinski definition) is 6. The van der Waals surface area contributed by atoms with Gasteiger partial charge in [0.05, 0.1) is 30.1 Å². The summed E-state index contributed by atoms with van der Waals surface area (Å²) in [6, 6.07) is -0.844. The van der Waals surface area contributed by atoms with Crippen LogP contribution in [0, 0.1) is 0 Å². The summed E-state index contributed by atoms with van der Waals surface area (Å²) in [5, 5.41) is 0. The summed E-state index contributed by atoms with van der Waals surface area (Å²) in [6.45, 7) is 0.364. The van der Waals surface area contributed by atoms with Gasteiger partial charge in [-0.15, -0.1) is 0 Å². The lowest BCUT2D eigenvalue weighted by Gasteiger charge is -2.32. The van der Waals surface area contributed by atoms with Gasteiger partial charge in [0.25, 0.3) is 0 Å². The van der Waals surface area contributed by atoms with Crippen LogP contribution in [0.25, 0.3) is 0 Å². The molecule has 0 N–H and O–H groups in total. The van der Waals surface area contributed by atoms with E-state index in [-0.39, 0.29) is 5.46 Å². The highest BCUT2D eigenvalue weighted by Gasteiger charge is 2.51. The van der Waals surface area contributed by atoms with Gasteiger partial charge in [0, 0.05) is 24.8 Å². The van der Waals surface area contributed by atoms with Crippen molar-refractivity contribution >= 4 is 12.6 Å². The number of nitrogens with zero attached hydrogens (tertiary/aromatic N) is 2. The van der Waals surface area contributed by atoms with Gasteiger partial charge in [-0.3, -0.25) is 0 Å². The molecule has 1 fully saturated rings. The highest BCUT2D eigenvalue weighted by atomic mass is 16.7. The van der Waals surface area contributed by atoms with Gasteiger partial charge in [-0.05, 0) is 27.7 Å². The number of rotatable bonds is 5. The molecular formula is C13H21BN2O4. The van der Waals surface area contributed by atoms with Gasteiger partial charge >= 0.3 is 13.1 Å². The SMILES string of the molecule is [2H]c1nc(OC([2H])([2H])C([2H])([2H])OC([2H])([2H])[2H])nc([2H])c1B1OC(C)(C)C(C)(C)O1. The Hall–Kier alpha value is -1.18. The van der Waals surface area contributed by atoms with Gasteiger partial charge in [0.15, 0.2) is 0 Å². The molecule has 7 heteroatoms. The fraction of sp³-hybridized carbons (Fsp3) is 0.692. The van der Waals surface area contributed by atoms with Crippen molar-refractivity contribution in [3.63, 3.8) is 0 Å². The van der Waals surface area contributed by atoms with Crippen molar-refractivity contribution in [3.8, 4) is 6.01 Å². The Balaban J connectivity index is 2.30. The summed E-state index contributed by atoms with van der Waals surface area (Å²) >= 11 is 0. The molecule has 0 saturated carbocycles. The molecule has 20 heavy (non-hydrogen) atoms. The molecule has 0 spiro atoms. The van der Waals surface area contributed by atoms with Crippen molar-refractivity contribution in [3.05, 3.63) is 12.3 Å². The first-order chi connectivity index (χ1) is 12.8. The molecule has 2 rings (SSSR count). The minimum absolute atomic E-state index is 0.113. The van der Waals surface area contributed by atoms with E-state index >= 15 is 0 Å². The second-order valence-corrected chi connectivity index (χ2v) is 5.14. The first kappa shape index (κ1) is 7.20. The van der Waals surface area contributed by atoms with E-state index in [0.717, 1.165) is 0 Å². The lowest BCUT2D eigenvalue weighted by atomic mass is 9.81. The van der Waals surface area contributed by atoms with Crippen LogP contribution in [0.2, 0.25) is 0 Å². The van der Waals surface area contributed by atoms with Gasteiger partial charge in [-0.25, -0.2) is 9.97 Å². The number of aromatic nitrogens is 2. The molecule has 0 aromatic carbocycles. The lowest BCUT2D eigenvalue weighted by molar-refractivity contribution is 0.00578. The summed E-state index contributed by atoms with van der Waals surface area (Å²) in [5.41, 5.74) is -1.60. The lowest BCUT2D eigenvalue weighted by Crippen LogP contribution is -2.41. The van der Waals surface area contributed by atoms with Crippen LogP contribution in [0.1, 0.15) is 40.0 Å². The fourth-order valence-electron chi connectivity index (χ4n) is 1.47. The van der Waals surface area contributed by atoms with Crippen molar-refractivity contribution in [2.24, 2.45) is 0 Å². The fourth-order valence-corrected chi connectivity index (χ4v) is 1.47. The molecule has 2 heterocycles. The van der Waals surface area contributed by atoms with Crippen molar-refractivity contribution in [1.82, 2.24) is 9.97 Å². The van der Waals surface area contributed by atoms with Crippen LogP contribution in [-0.4, -0.2) is 48.4 Å². The average Bonchev–Trinajstić information content (AvgIpc) is 2.62. The van der Waals surface area contributed by atoms with Crippen LogP contribution >= 0.6 is 0 Å². The first-order valence-electron chi connectivity index (χ1n) is 10.4. The number of methoxy groups -OCH3 is 1. The molecule has 6 nitrogen and oxygen atoms in total. The molecule has 1 saturated heterocycles. The third-order valence-corrected chi connectivity index (χ3v) is 3.27. The molecular weight excluding hydrogens is 259 g/mol. The predicted molar refractivity (Wildman–Crippen MR) is 75.1 cm³/mol. The van der Waals surface area contributed by atoms with E-state index in [4.69, 9.17) is 26.4 Å². The van der Waals surface area contributed by atoms with E-state index in [0.29, 0.717) is 0 Å². The van der Waals surface area contributed by atoms with E-state index in [1.165, 1.54) is 0 Å². The van der Waals surface area contributed by atoms with Crippen molar-refractivity contribution < 1.29 is 31.1 Å². The summed E-state index contributed by atoms with van der Waals surface area (Å²) in [5.74, 6) is 0. The van der Waals surface area contributed by atoms with Gasteiger partial charge in [0.2, 0.25) is 0 Å². The molecule has 1 aliphatic rings. The zero-order valence-electron chi connectivity index (χ0n) is 20.6. The van der Waals surface area contributed by atoms with Gasteiger partial charge < -0.3 is 18.8 Å². The molecule has 0 atom stereocenters. The molecule has 1 aromatic heterocycles. The Morgan fingerprint density at radius 1 is 1.25 bits per heavy atom. The van der Waals surface area contributed by atoms with Crippen molar-refractivity contribution in [1.29, 1.82) is 0 Å². The summed E-state index contributed by atoms with van der Waals surface area (Å²) in [4.78, 5) is 7.24. The summed E-state index contributed by atoms with van der Waals surface area (Å²) in [7, 11) is -4.35. The van der Waals surface area contributed by atoms with E-state index in [1.807, 2.05) is 0 Å². The van der Waals surface area contributed by atoms with Crippen LogP contribution < -0.4 is 10.2 Å². The van der Waals surface area contributed by atoms with Crippen LogP contribution in [0.15, 0.2) is 12.3 Å². The maximum atomic E-state index is 8.04. The van der Waals surface area contributed by atoms with E-state index < -0.39 is 56.8 Å². The molecule has 0 bridgehead atoms. The Labute approximate surface area is 132 Å². The molecule has 0 radical (unpaired) electrons. The van der Waals surface area contributed by atoms with Crippen molar-refractivity contribution in [2.75, 3.05) is 20.2 Å². The molecule has 1 aliphatic heterocycles. The standard InChI is InChI=1S/C13H21BN2O4/c1-12(2)13(3,4)20-14(19-12)10-8-15-11(16-9-10)18-7-6-17-5/h8-9H,6-7H2,1-5H3/i5D3,6D2,7D2,8D,9D. The average molecular weight is 289 g/mol. The third-order valence-electron chi connectivity index (χ3n) is 3.27. The monoisotopic (exact) mass is 289 g/mol. The highest BCUT2D eigenvalue weighted by molar-refractivity contribution is 6.61. The van der Waals surface area contributed by atoms with Gasteiger partial charge in [-0.2, -0.15) is 0 Å². The quantitative estimate of drug-likeness (QED) is 0.747. The zero-order valence-corrected chi connectivity index (χ0v) is 11.6. The minimum atomic E-state index is -3.41. The molecule has 110 valence electrons. The summed E-state index contributed by atoms with van der Waals surface area (Å²) < 4.78 is 87.5. The Kier molecular flexibility index (Phi) is 2.04. The smallest absolute Gasteiger partial charge is 0.461 e. The highest BCUT2D eigenvalue weighted by Crippen LogP contribution is 2.36. The van der Waals surface area contributed by atoms with Gasteiger partial charge in [0.1, 0.15) is 6.56 Å². The van der Waals surface area contributed by atoms with Gasteiger partial charge in [-0.1, -0.05) is 0 Å². The Morgan fingerprint density at radius 3 is 2.40 bits per heavy atom. The van der Waals surface area contributed by atoms with Crippen LogP contribution in [0.4, 0.5) is 0 Å². The second kappa shape index (κ2) is 5.67. The molecule has 0 amide bonds. The summed E-state index contributed by atoms with van der Waals surface area (Å²) in [6.07, 6.45) is -1.10. The zero-order chi connectivity index (χ0) is 22.6. The van der Waals surface area contributed by atoms with E-state index in [1.54, 1.807) is 27.7 Å². The van der Waals surface area contributed by atoms with Crippen LogP contribution in [0.3, 0.4) is 0 Å². The van der Waals surface area contributed by atoms with E-state index in [2.05, 4.69) is 14.7 Å². The van der Waals surface area contributed by atoms with Crippen LogP contribution in [0.5, 0.6) is 6.01 Å². The van der Waals surface area contributed by atoms with Crippen molar-refractivity contribution in [2.45, 2.75) is 38.9 Å². The largest absolute Gasteiger partial charge is 0.498 e. The normalized spacial score (nSPS) is 28.8. The topological polar surface area (TPSA) is 62.7 Å². The first-order valence-corrected chi connectivity index (χ1v) is 5.88. The minimum Gasteiger partial charge on any atom is -0.461 e. The Bertz CT molecular complexity index is 749. The number of hydrogen-bond donors (Lipinski definition) is 0. The predicted octanol–water partition coefficient (Wildman–Crippen LogP) is 0.801.